The average Bonchev–Trinajstić information content (AvgIpc) is 2.04. The van der Waals surface area contributed by atoms with Gasteiger partial charge < -0.3 is 4.79 Å². The molecule has 1 radical (unpaired) electrons. The van der Waals surface area contributed by atoms with Crippen molar-refractivity contribution in [2.24, 2.45) is 0 Å². The second kappa shape index (κ2) is 5.77. The Balaban J connectivity index is 0.00000169. The number of carbonyl (C=O) groups excluding carboxylic acids is 1. The smallest absolute Gasteiger partial charge is 0 e. The van der Waals surface area contributed by atoms with Gasteiger partial charge in [0, 0.05) is 32.7 Å². The van der Waals surface area contributed by atoms with Gasteiger partial charge in [-0.3, -0.25) is 6.29 Å². The molecule has 0 aromatic heterocycles. The molecule has 14 heavy (non-hydrogen) atoms. The van der Waals surface area contributed by atoms with Crippen LogP contribution in [0.25, 0.3) is 0 Å². The Labute approximate surface area is 111 Å². The second-order valence-electron chi connectivity index (χ2n) is 3.95. The molecule has 0 N–H and O–H groups in total. The number of benzene rings is 1. The van der Waals surface area contributed by atoms with Crippen molar-refractivity contribution in [3.63, 3.8) is 0 Å². The molecule has 1 aromatic rings. The van der Waals surface area contributed by atoms with Crippen molar-refractivity contribution in [2.75, 3.05) is 0 Å². The summed E-state index contributed by atoms with van der Waals surface area (Å²) in [7, 11) is 0. The summed E-state index contributed by atoms with van der Waals surface area (Å²) >= 11 is 0. The van der Waals surface area contributed by atoms with E-state index in [1.54, 1.807) is 0 Å². The summed E-state index contributed by atoms with van der Waals surface area (Å²) in [6.07, 6.45) is 2.38. The third kappa shape index (κ3) is 3.63. The fraction of sp³-hybridized carbons (Fsp3) is 0.417. The third-order valence-corrected chi connectivity index (χ3v) is 2.18. The molecule has 73 valence electrons. The van der Waals surface area contributed by atoms with Crippen molar-refractivity contribution < 1.29 is 37.5 Å². The Morgan fingerprint density at radius 3 is 2.57 bits per heavy atom. The molecule has 0 bridgehead atoms. The van der Waals surface area contributed by atoms with Crippen molar-refractivity contribution in [1.82, 2.24) is 0 Å². The van der Waals surface area contributed by atoms with E-state index in [0.29, 0.717) is 6.42 Å². The number of rotatable bonds is 3. The van der Waals surface area contributed by atoms with E-state index in [4.69, 9.17) is 0 Å². The Kier molecular flexibility index (Phi) is 5.77. The van der Waals surface area contributed by atoms with Crippen LogP contribution in [0, 0.1) is 13.0 Å². The van der Waals surface area contributed by atoms with E-state index in [0.717, 1.165) is 11.1 Å². The first-order chi connectivity index (χ1) is 6.06. The van der Waals surface area contributed by atoms with E-state index in [1.807, 2.05) is 45.3 Å². The molecule has 1 rings (SSSR count). The molecule has 0 heterocycles. The largest absolute Gasteiger partial charge is 0.542 e. The SMILES string of the molecule is Cc1[c-]c(C(C)(C)C[C-]=O)ccc1.[Y]. The van der Waals surface area contributed by atoms with Gasteiger partial charge in [-0.1, -0.05) is 26.2 Å². The van der Waals surface area contributed by atoms with Gasteiger partial charge in [0.25, 0.3) is 0 Å². The molecular weight excluding hydrogens is 249 g/mol. The Bertz CT molecular complexity index is 305. The maximum absolute atomic E-state index is 10.3. The molecule has 0 aliphatic heterocycles. The quantitative estimate of drug-likeness (QED) is 0.766. The summed E-state index contributed by atoms with van der Waals surface area (Å²) in [4.78, 5) is 10.3. The number of hydrogen-bond donors (Lipinski definition) is 0. The Hall–Kier alpha value is -0.00610. The van der Waals surface area contributed by atoms with E-state index in [2.05, 4.69) is 6.07 Å². The van der Waals surface area contributed by atoms with E-state index >= 15 is 0 Å². The number of aryl methyl sites for hydroxylation is 1. The third-order valence-electron chi connectivity index (χ3n) is 2.18. The molecule has 1 nitrogen and oxygen atoms in total. The van der Waals surface area contributed by atoms with Crippen LogP contribution in [0.3, 0.4) is 0 Å². The van der Waals surface area contributed by atoms with Crippen LogP contribution in [0.2, 0.25) is 0 Å². The molecule has 2 heteroatoms. The van der Waals surface area contributed by atoms with Gasteiger partial charge in [0.1, 0.15) is 0 Å². The summed E-state index contributed by atoms with van der Waals surface area (Å²) in [6, 6.07) is 9.26. The van der Waals surface area contributed by atoms with Crippen molar-refractivity contribution in [2.45, 2.75) is 32.6 Å². The van der Waals surface area contributed by atoms with Crippen molar-refractivity contribution in [3.05, 3.63) is 35.4 Å². The van der Waals surface area contributed by atoms with Crippen molar-refractivity contribution >= 4 is 6.29 Å². The van der Waals surface area contributed by atoms with Gasteiger partial charge in [-0.05, 0) is 0 Å². The maximum Gasteiger partial charge on any atom is 0 e. The summed E-state index contributed by atoms with van der Waals surface area (Å²) in [5, 5.41) is 0. The standard InChI is InChI=1S/C12H14O.Y/c1-10-5-4-6-11(9-10)12(2,3)7-8-13;/h4-6H,7H2,1-3H3;/q-2;. The molecule has 0 fully saturated rings. The predicted octanol–water partition coefficient (Wildman–Crippen LogP) is 2.57. The van der Waals surface area contributed by atoms with Crippen LogP contribution in [-0.2, 0) is 42.9 Å². The zero-order chi connectivity index (χ0) is 9.90. The van der Waals surface area contributed by atoms with Gasteiger partial charge in [0.05, 0.1) is 0 Å². The zero-order valence-electron chi connectivity index (χ0n) is 8.92. The molecule has 0 saturated heterocycles. The summed E-state index contributed by atoms with van der Waals surface area (Å²) in [5.41, 5.74) is 2.04. The van der Waals surface area contributed by atoms with E-state index in [-0.39, 0.29) is 38.1 Å². The molecule has 1 aromatic carbocycles. The topological polar surface area (TPSA) is 17.1 Å². The molecule has 0 atom stereocenters. The van der Waals surface area contributed by atoms with E-state index in [1.165, 1.54) is 0 Å². The van der Waals surface area contributed by atoms with Gasteiger partial charge in [0.15, 0.2) is 0 Å². The van der Waals surface area contributed by atoms with E-state index < -0.39 is 0 Å². The molecule has 0 aliphatic carbocycles. The second-order valence-corrected chi connectivity index (χ2v) is 3.95. The fourth-order valence-electron chi connectivity index (χ4n) is 1.25. The zero-order valence-corrected chi connectivity index (χ0v) is 11.8. The van der Waals surface area contributed by atoms with Crippen LogP contribution in [0.4, 0.5) is 0 Å². The minimum Gasteiger partial charge on any atom is -0.542 e. The van der Waals surface area contributed by atoms with Crippen LogP contribution >= 0.6 is 0 Å². The number of hydrogen-bond acceptors (Lipinski definition) is 1. The molecule has 0 spiro atoms. The first-order valence-electron chi connectivity index (χ1n) is 4.41. The molecular formula is C12H14OY-2. The average molecular weight is 263 g/mol. The molecule has 0 saturated carbocycles. The fourth-order valence-corrected chi connectivity index (χ4v) is 1.25. The van der Waals surface area contributed by atoms with Crippen LogP contribution in [0.15, 0.2) is 18.2 Å². The summed E-state index contributed by atoms with van der Waals surface area (Å²) in [5.74, 6) is 0. The predicted molar refractivity (Wildman–Crippen MR) is 53.4 cm³/mol. The molecule has 0 aliphatic rings. The van der Waals surface area contributed by atoms with Gasteiger partial charge in [-0.25, -0.2) is 0 Å². The van der Waals surface area contributed by atoms with Crippen LogP contribution in [0.1, 0.15) is 31.4 Å². The first kappa shape index (κ1) is 14.0. The molecule has 0 unspecified atom stereocenters. The van der Waals surface area contributed by atoms with Crippen molar-refractivity contribution in [1.29, 1.82) is 0 Å². The molecule has 0 amide bonds. The Morgan fingerprint density at radius 2 is 2.07 bits per heavy atom. The maximum atomic E-state index is 10.3. The van der Waals surface area contributed by atoms with Gasteiger partial charge in [-0.15, -0.1) is 6.42 Å². The first-order valence-corrected chi connectivity index (χ1v) is 4.41. The summed E-state index contributed by atoms with van der Waals surface area (Å²) in [6.45, 7) is 6.07. The van der Waals surface area contributed by atoms with Gasteiger partial charge in [-0.2, -0.15) is 35.4 Å². The summed E-state index contributed by atoms with van der Waals surface area (Å²) < 4.78 is 0. The van der Waals surface area contributed by atoms with Gasteiger partial charge >= 0.3 is 0 Å². The minimum absolute atomic E-state index is 0. The van der Waals surface area contributed by atoms with Crippen LogP contribution < -0.4 is 0 Å². The van der Waals surface area contributed by atoms with Gasteiger partial charge in [0.2, 0.25) is 0 Å². The minimum atomic E-state index is -0.145. The monoisotopic (exact) mass is 263 g/mol. The van der Waals surface area contributed by atoms with Crippen LogP contribution in [0.5, 0.6) is 0 Å². The normalized spacial score (nSPS) is 10.5. The Morgan fingerprint density at radius 1 is 1.43 bits per heavy atom. The van der Waals surface area contributed by atoms with Crippen molar-refractivity contribution in [3.8, 4) is 0 Å². The van der Waals surface area contributed by atoms with E-state index in [9.17, 15) is 4.79 Å². The van der Waals surface area contributed by atoms with Crippen LogP contribution in [-0.4, -0.2) is 6.29 Å².